The molecule has 11 heteroatoms. The summed E-state index contributed by atoms with van der Waals surface area (Å²) >= 11 is 1.41. The summed E-state index contributed by atoms with van der Waals surface area (Å²) < 4.78 is 27.1. The van der Waals surface area contributed by atoms with Gasteiger partial charge in [0.2, 0.25) is 5.89 Å². The number of ether oxygens (including phenoxy) is 4. The maximum Gasteiger partial charge on any atom is 0.276 e. The Hall–Kier alpha value is -2.30. The van der Waals surface area contributed by atoms with Crippen LogP contribution < -0.4 is 4.74 Å². The molecular weight excluding hydrogens is 386 g/mol. The molecule has 0 fully saturated rings. The minimum absolute atomic E-state index is 0.332. The Morgan fingerprint density at radius 1 is 0.964 bits per heavy atom. The summed E-state index contributed by atoms with van der Waals surface area (Å²) in [5.41, 5.74) is 8.94. The van der Waals surface area contributed by atoms with Crippen molar-refractivity contribution >= 4 is 11.8 Å². The van der Waals surface area contributed by atoms with Crippen LogP contribution in [-0.2, 0) is 14.2 Å². The van der Waals surface area contributed by atoms with Crippen LogP contribution in [0.2, 0.25) is 0 Å². The molecule has 0 N–H and O–H groups in total. The van der Waals surface area contributed by atoms with Crippen LogP contribution in [0.25, 0.3) is 21.9 Å². The van der Waals surface area contributed by atoms with E-state index < -0.39 is 0 Å². The van der Waals surface area contributed by atoms with Crippen molar-refractivity contribution in [1.29, 1.82) is 0 Å². The maximum absolute atomic E-state index is 8.10. The third-order valence-electron chi connectivity index (χ3n) is 3.32. The Balaban J connectivity index is 1.48. The van der Waals surface area contributed by atoms with Crippen LogP contribution in [-0.4, -0.2) is 69.2 Å². The van der Waals surface area contributed by atoms with Crippen molar-refractivity contribution < 1.29 is 23.4 Å². The lowest BCUT2D eigenvalue weighted by atomic mass is 10.2. The molecule has 1 aromatic carbocycles. The number of hydrogen-bond donors (Lipinski definition) is 0. The van der Waals surface area contributed by atoms with E-state index in [1.165, 1.54) is 11.8 Å². The van der Waals surface area contributed by atoms with Gasteiger partial charge in [-0.3, -0.25) is 0 Å². The second-order valence-electron chi connectivity index (χ2n) is 5.24. The van der Waals surface area contributed by atoms with Gasteiger partial charge >= 0.3 is 0 Å². The average Bonchev–Trinajstić information content (AvgIpc) is 3.21. The molecule has 0 saturated carbocycles. The fourth-order valence-corrected chi connectivity index (χ4v) is 2.30. The summed E-state index contributed by atoms with van der Waals surface area (Å²) in [6.07, 6.45) is 1.88. The van der Waals surface area contributed by atoms with E-state index in [2.05, 4.69) is 20.2 Å². The first-order valence-corrected chi connectivity index (χ1v) is 9.91. The highest BCUT2D eigenvalue weighted by molar-refractivity contribution is 7.98. The smallest absolute Gasteiger partial charge is 0.276 e. The average molecular weight is 409 g/mol. The van der Waals surface area contributed by atoms with Crippen LogP contribution in [0.1, 0.15) is 0 Å². The fourth-order valence-electron chi connectivity index (χ4n) is 2.01. The molecule has 10 nitrogen and oxygen atoms in total. The van der Waals surface area contributed by atoms with E-state index in [1.807, 2.05) is 30.5 Å². The molecule has 0 atom stereocenters. The van der Waals surface area contributed by atoms with Gasteiger partial charge in [0, 0.05) is 17.0 Å². The van der Waals surface area contributed by atoms with Gasteiger partial charge < -0.3 is 23.4 Å². The summed E-state index contributed by atoms with van der Waals surface area (Å²) in [7, 11) is 0. The molecule has 0 unspecified atom stereocenters. The van der Waals surface area contributed by atoms with E-state index in [9.17, 15) is 0 Å². The van der Waals surface area contributed by atoms with Crippen molar-refractivity contribution in [3.63, 3.8) is 0 Å². The molecule has 152 valence electrons. The van der Waals surface area contributed by atoms with Crippen LogP contribution in [0.4, 0.5) is 0 Å². The lowest BCUT2D eigenvalue weighted by Gasteiger charge is -2.08. The molecule has 1 aromatic heterocycles. The van der Waals surface area contributed by atoms with Crippen LogP contribution in [0, 0.1) is 0 Å². The molecule has 0 aliphatic rings. The quantitative estimate of drug-likeness (QED) is 0.144. The van der Waals surface area contributed by atoms with Crippen molar-refractivity contribution in [2.24, 2.45) is 5.11 Å². The zero-order chi connectivity index (χ0) is 19.9. The Labute approximate surface area is 167 Å². The monoisotopic (exact) mass is 409 g/mol. The summed E-state index contributed by atoms with van der Waals surface area (Å²) in [5, 5.41) is 11.8. The Morgan fingerprint density at radius 2 is 1.61 bits per heavy atom. The van der Waals surface area contributed by atoms with Crippen LogP contribution in [0.5, 0.6) is 5.75 Å². The maximum atomic E-state index is 8.10. The second kappa shape index (κ2) is 13.8. The highest BCUT2D eigenvalue weighted by Crippen LogP contribution is 2.23. The standard InChI is InChI=1S/C17H23N5O5S/c1-28-17-21-20-16(27-17)14-2-4-15(5-3-14)26-13-12-25-11-10-24-9-8-23-7-6-19-22-18/h2-5H,6-13H2,1H3. The fraction of sp³-hybridized carbons (Fsp3) is 0.529. The molecule has 0 aliphatic carbocycles. The molecule has 0 amide bonds. The predicted molar refractivity (Wildman–Crippen MR) is 103 cm³/mol. The minimum atomic E-state index is 0.332. The molecule has 1 heterocycles. The number of azide groups is 1. The lowest BCUT2D eigenvalue weighted by molar-refractivity contribution is 0.0106. The Morgan fingerprint density at radius 3 is 2.21 bits per heavy atom. The first-order valence-electron chi connectivity index (χ1n) is 8.68. The normalized spacial score (nSPS) is 10.6. The van der Waals surface area contributed by atoms with Crippen LogP contribution in [0.15, 0.2) is 39.0 Å². The predicted octanol–water partition coefficient (Wildman–Crippen LogP) is 3.20. The van der Waals surface area contributed by atoms with Crippen molar-refractivity contribution in [2.45, 2.75) is 5.22 Å². The summed E-state index contributed by atoms with van der Waals surface area (Å²) in [6, 6.07) is 7.44. The molecule has 2 rings (SSSR count). The van der Waals surface area contributed by atoms with Gasteiger partial charge in [-0.25, -0.2) is 0 Å². The third kappa shape index (κ3) is 8.59. The first kappa shape index (κ1) is 22.0. The number of nitrogens with zero attached hydrogens (tertiary/aromatic N) is 5. The summed E-state index contributed by atoms with van der Waals surface area (Å²) in [5.74, 6) is 1.23. The van der Waals surface area contributed by atoms with E-state index in [4.69, 9.17) is 28.9 Å². The zero-order valence-electron chi connectivity index (χ0n) is 15.7. The largest absolute Gasteiger partial charge is 0.491 e. The van der Waals surface area contributed by atoms with E-state index in [0.29, 0.717) is 63.9 Å². The highest BCUT2D eigenvalue weighted by Gasteiger charge is 2.07. The van der Waals surface area contributed by atoms with Gasteiger partial charge in [0.1, 0.15) is 12.4 Å². The Bertz CT molecular complexity index is 721. The van der Waals surface area contributed by atoms with Crippen LogP contribution in [0.3, 0.4) is 0 Å². The molecule has 2 aromatic rings. The number of thioether (sulfide) groups is 1. The van der Waals surface area contributed by atoms with Crippen LogP contribution >= 0.6 is 11.8 Å². The number of rotatable bonds is 15. The molecule has 28 heavy (non-hydrogen) atoms. The van der Waals surface area contributed by atoms with Gasteiger partial charge in [0.05, 0.1) is 39.6 Å². The topological polar surface area (TPSA) is 125 Å². The van der Waals surface area contributed by atoms with Crippen molar-refractivity contribution in [3.05, 3.63) is 34.7 Å². The van der Waals surface area contributed by atoms with E-state index >= 15 is 0 Å². The van der Waals surface area contributed by atoms with Gasteiger partial charge in [-0.15, -0.1) is 10.2 Å². The lowest BCUT2D eigenvalue weighted by Crippen LogP contribution is -2.13. The molecule has 0 bridgehead atoms. The van der Waals surface area contributed by atoms with Crippen molar-refractivity contribution in [1.82, 2.24) is 10.2 Å². The van der Waals surface area contributed by atoms with E-state index in [0.717, 1.165) is 11.3 Å². The van der Waals surface area contributed by atoms with E-state index in [1.54, 1.807) is 0 Å². The summed E-state index contributed by atoms with van der Waals surface area (Å²) in [4.78, 5) is 2.64. The Kier molecular flexibility index (Phi) is 10.8. The van der Waals surface area contributed by atoms with Gasteiger partial charge in [0.15, 0.2) is 0 Å². The van der Waals surface area contributed by atoms with Gasteiger partial charge in [0.25, 0.3) is 5.22 Å². The third-order valence-corrected chi connectivity index (χ3v) is 3.84. The van der Waals surface area contributed by atoms with Gasteiger partial charge in [-0.1, -0.05) is 16.9 Å². The second-order valence-corrected chi connectivity index (χ2v) is 6.00. The summed E-state index contributed by atoms with van der Waals surface area (Å²) in [6.45, 7) is 3.54. The van der Waals surface area contributed by atoms with Crippen molar-refractivity contribution in [3.8, 4) is 17.2 Å². The SMILES string of the molecule is CSc1nnc(-c2ccc(OCCOCCOCCOCCN=[N+]=[N-])cc2)o1. The number of aromatic nitrogens is 2. The molecule has 0 spiro atoms. The number of hydrogen-bond acceptors (Lipinski definition) is 9. The van der Waals surface area contributed by atoms with Crippen molar-refractivity contribution in [2.75, 3.05) is 59.0 Å². The molecule has 0 aliphatic heterocycles. The van der Waals surface area contributed by atoms with Gasteiger partial charge in [-0.2, -0.15) is 0 Å². The molecule has 0 radical (unpaired) electrons. The highest BCUT2D eigenvalue weighted by atomic mass is 32.2. The zero-order valence-corrected chi connectivity index (χ0v) is 16.5. The first-order chi connectivity index (χ1) is 13.8. The molecular formula is C17H23N5O5S. The number of benzene rings is 1. The minimum Gasteiger partial charge on any atom is -0.491 e. The molecule has 0 saturated heterocycles. The van der Waals surface area contributed by atoms with E-state index in [-0.39, 0.29) is 0 Å². The van der Waals surface area contributed by atoms with Gasteiger partial charge in [-0.05, 0) is 36.1 Å².